The number of rotatable bonds is 1. The summed E-state index contributed by atoms with van der Waals surface area (Å²) in [5.74, 6) is 0.248. The monoisotopic (exact) mass is 177 g/mol. The lowest BCUT2D eigenvalue weighted by Gasteiger charge is -2.00. The van der Waals surface area contributed by atoms with Crippen molar-refractivity contribution in [1.82, 2.24) is 15.0 Å². The first-order valence-electron chi connectivity index (χ1n) is 3.90. The fraction of sp³-hybridized carbons (Fsp3) is 0.111. The van der Waals surface area contributed by atoms with Crippen molar-refractivity contribution >= 4 is 0 Å². The zero-order chi connectivity index (χ0) is 9.26. The van der Waals surface area contributed by atoms with Crippen LogP contribution in [0.15, 0.2) is 24.5 Å². The van der Waals surface area contributed by atoms with Crippen molar-refractivity contribution in [2.24, 2.45) is 0 Å². The molecule has 2 aromatic heterocycles. The Labute approximate surface area is 74.7 Å². The summed E-state index contributed by atoms with van der Waals surface area (Å²) >= 11 is 0. The molecule has 66 valence electrons. The van der Waals surface area contributed by atoms with Gasteiger partial charge in [-0.15, -0.1) is 0 Å². The van der Waals surface area contributed by atoms with Crippen LogP contribution in [0.3, 0.4) is 0 Å². The maximum absolute atomic E-state index is 12.6. The molecule has 0 aliphatic rings. The third-order valence-electron chi connectivity index (χ3n) is 1.81. The van der Waals surface area contributed by atoms with E-state index in [1.54, 1.807) is 25.4 Å². The third kappa shape index (κ3) is 1.42. The summed E-state index contributed by atoms with van der Waals surface area (Å²) in [4.78, 5) is 10.7. The Morgan fingerprint density at radius 1 is 1.38 bits per heavy atom. The van der Waals surface area contributed by atoms with E-state index in [2.05, 4.69) is 15.0 Å². The topological polar surface area (TPSA) is 41.6 Å². The SMILES string of the molecule is Cc1nc(F)ccc1-c1ncc[nH]1. The van der Waals surface area contributed by atoms with Gasteiger partial charge in [-0.05, 0) is 19.1 Å². The number of aromatic amines is 1. The Bertz CT molecular complexity index is 409. The van der Waals surface area contributed by atoms with Crippen LogP contribution >= 0.6 is 0 Å². The molecule has 2 heterocycles. The highest BCUT2D eigenvalue weighted by molar-refractivity contribution is 5.57. The van der Waals surface area contributed by atoms with E-state index in [0.717, 1.165) is 5.56 Å². The van der Waals surface area contributed by atoms with E-state index in [1.165, 1.54) is 6.07 Å². The predicted molar refractivity (Wildman–Crippen MR) is 46.5 cm³/mol. The number of nitrogens with one attached hydrogen (secondary N) is 1. The molecular weight excluding hydrogens is 169 g/mol. The second-order valence-corrected chi connectivity index (χ2v) is 2.70. The van der Waals surface area contributed by atoms with Gasteiger partial charge in [-0.25, -0.2) is 9.97 Å². The van der Waals surface area contributed by atoms with E-state index in [0.29, 0.717) is 11.5 Å². The maximum Gasteiger partial charge on any atom is 0.213 e. The van der Waals surface area contributed by atoms with Gasteiger partial charge in [-0.3, -0.25) is 0 Å². The molecule has 4 heteroatoms. The molecule has 1 N–H and O–H groups in total. The van der Waals surface area contributed by atoms with Gasteiger partial charge in [-0.2, -0.15) is 4.39 Å². The predicted octanol–water partition coefficient (Wildman–Crippen LogP) is 1.92. The molecule has 0 spiro atoms. The van der Waals surface area contributed by atoms with Gasteiger partial charge >= 0.3 is 0 Å². The number of halogens is 1. The molecule has 0 aromatic carbocycles. The summed E-state index contributed by atoms with van der Waals surface area (Å²) in [5, 5.41) is 0. The van der Waals surface area contributed by atoms with Gasteiger partial charge in [-0.1, -0.05) is 0 Å². The molecule has 0 unspecified atom stereocenters. The zero-order valence-electron chi connectivity index (χ0n) is 7.08. The van der Waals surface area contributed by atoms with Crippen molar-refractivity contribution < 1.29 is 4.39 Å². The van der Waals surface area contributed by atoms with Crippen molar-refractivity contribution in [3.8, 4) is 11.4 Å². The first kappa shape index (κ1) is 7.91. The van der Waals surface area contributed by atoms with Crippen LogP contribution in [0, 0.1) is 12.9 Å². The molecule has 0 aliphatic carbocycles. The van der Waals surface area contributed by atoms with Crippen molar-refractivity contribution in [2.45, 2.75) is 6.92 Å². The van der Waals surface area contributed by atoms with E-state index < -0.39 is 5.95 Å². The number of imidazole rings is 1. The molecule has 0 saturated carbocycles. The molecule has 0 bridgehead atoms. The minimum Gasteiger partial charge on any atom is -0.345 e. The van der Waals surface area contributed by atoms with Crippen LogP contribution in [0.4, 0.5) is 4.39 Å². The summed E-state index contributed by atoms with van der Waals surface area (Å²) < 4.78 is 12.6. The average Bonchev–Trinajstić information content (AvgIpc) is 2.56. The van der Waals surface area contributed by atoms with Crippen molar-refractivity contribution in [1.29, 1.82) is 0 Å². The van der Waals surface area contributed by atoms with Gasteiger partial charge < -0.3 is 4.98 Å². The van der Waals surface area contributed by atoms with Crippen LogP contribution in [-0.4, -0.2) is 15.0 Å². The summed E-state index contributed by atoms with van der Waals surface area (Å²) in [6.45, 7) is 1.75. The lowest BCUT2D eigenvalue weighted by Crippen LogP contribution is -1.91. The van der Waals surface area contributed by atoms with E-state index in [9.17, 15) is 4.39 Å². The highest BCUT2D eigenvalue weighted by atomic mass is 19.1. The third-order valence-corrected chi connectivity index (χ3v) is 1.81. The smallest absolute Gasteiger partial charge is 0.213 e. The van der Waals surface area contributed by atoms with Gasteiger partial charge in [0.1, 0.15) is 5.82 Å². The Morgan fingerprint density at radius 3 is 2.85 bits per heavy atom. The van der Waals surface area contributed by atoms with Gasteiger partial charge in [0.05, 0.1) is 5.69 Å². The molecule has 2 aromatic rings. The first-order chi connectivity index (χ1) is 6.27. The van der Waals surface area contributed by atoms with Crippen LogP contribution < -0.4 is 0 Å². The minimum absolute atomic E-state index is 0.465. The summed E-state index contributed by atoms with van der Waals surface area (Å²) in [6, 6.07) is 2.99. The summed E-state index contributed by atoms with van der Waals surface area (Å²) in [6.07, 6.45) is 3.37. The number of hydrogen-bond donors (Lipinski definition) is 1. The van der Waals surface area contributed by atoms with Crippen LogP contribution in [-0.2, 0) is 0 Å². The van der Waals surface area contributed by atoms with Gasteiger partial charge in [0.15, 0.2) is 0 Å². The van der Waals surface area contributed by atoms with Crippen LogP contribution in [0.2, 0.25) is 0 Å². The molecule has 13 heavy (non-hydrogen) atoms. The van der Waals surface area contributed by atoms with Crippen LogP contribution in [0.25, 0.3) is 11.4 Å². The number of pyridine rings is 1. The summed E-state index contributed by atoms with van der Waals surface area (Å²) in [7, 11) is 0. The Kier molecular flexibility index (Phi) is 1.81. The second-order valence-electron chi connectivity index (χ2n) is 2.70. The second kappa shape index (κ2) is 2.97. The molecule has 0 fully saturated rings. The number of nitrogens with zero attached hydrogens (tertiary/aromatic N) is 2. The molecule has 0 aliphatic heterocycles. The van der Waals surface area contributed by atoms with Crippen molar-refractivity contribution in [2.75, 3.05) is 0 Å². The highest BCUT2D eigenvalue weighted by Crippen LogP contribution is 2.17. The largest absolute Gasteiger partial charge is 0.345 e. The number of aryl methyl sites for hydroxylation is 1. The van der Waals surface area contributed by atoms with E-state index in [-0.39, 0.29) is 0 Å². The number of aromatic nitrogens is 3. The molecule has 0 atom stereocenters. The Morgan fingerprint density at radius 2 is 2.23 bits per heavy atom. The number of H-pyrrole nitrogens is 1. The Balaban J connectivity index is 2.53. The molecule has 3 nitrogen and oxygen atoms in total. The molecule has 2 rings (SSSR count). The lowest BCUT2D eigenvalue weighted by atomic mass is 10.2. The molecule has 0 saturated heterocycles. The van der Waals surface area contributed by atoms with Gasteiger partial charge in [0, 0.05) is 18.0 Å². The van der Waals surface area contributed by atoms with E-state index in [1.807, 2.05) is 0 Å². The molecular formula is C9H8FN3. The van der Waals surface area contributed by atoms with Crippen molar-refractivity contribution in [3.63, 3.8) is 0 Å². The zero-order valence-corrected chi connectivity index (χ0v) is 7.08. The maximum atomic E-state index is 12.6. The quantitative estimate of drug-likeness (QED) is 0.676. The first-order valence-corrected chi connectivity index (χ1v) is 3.90. The average molecular weight is 177 g/mol. The minimum atomic E-state index is -0.465. The molecule has 0 amide bonds. The van der Waals surface area contributed by atoms with E-state index in [4.69, 9.17) is 0 Å². The van der Waals surface area contributed by atoms with Crippen LogP contribution in [0.5, 0.6) is 0 Å². The highest BCUT2D eigenvalue weighted by Gasteiger charge is 2.05. The summed E-state index contributed by atoms with van der Waals surface area (Å²) in [5.41, 5.74) is 1.46. The normalized spacial score (nSPS) is 10.3. The van der Waals surface area contributed by atoms with E-state index >= 15 is 0 Å². The standard InChI is InChI=1S/C9H8FN3/c1-6-7(2-3-8(10)13-6)9-11-4-5-12-9/h2-5H,1H3,(H,11,12). The Hall–Kier alpha value is -1.71. The van der Waals surface area contributed by atoms with Crippen molar-refractivity contribution in [3.05, 3.63) is 36.2 Å². The van der Waals surface area contributed by atoms with Gasteiger partial charge in [0.2, 0.25) is 5.95 Å². The fourth-order valence-electron chi connectivity index (χ4n) is 1.19. The lowest BCUT2D eigenvalue weighted by molar-refractivity contribution is 0.580. The number of hydrogen-bond acceptors (Lipinski definition) is 2. The molecule has 0 radical (unpaired) electrons. The van der Waals surface area contributed by atoms with Gasteiger partial charge in [0.25, 0.3) is 0 Å². The van der Waals surface area contributed by atoms with Crippen LogP contribution in [0.1, 0.15) is 5.69 Å². The fourth-order valence-corrected chi connectivity index (χ4v) is 1.19.